The summed E-state index contributed by atoms with van der Waals surface area (Å²) in [7, 11) is 0. The van der Waals surface area contributed by atoms with E-state index in [0.717, 1.165) is 46.9 Å². The number of carbonyl (C=O) groups excluding carboxylic acids is 1. The molecule has 6 nitrogen and oxygen atoms in total. The van der Waals surface area contributed by atoms with Crippen LogP contribution in [-0.4, -0.2) is 31.8 Å². The SMILES string of the molecule is CCc1nn(-c2ccccc2)c2c1CN(C(=O)NCCc1ccccc1)[C@@H](c1cccc(C)c1)c1cccn1-2. The molecule has 0 saturated heterocycles. The van der Waals surface area contributed by atoms with Crippen molar-refractivity contribution in [3.8, 4) is 11.5 Å². The van der Waals surface area contributed by atoms with E-state index in [1.807, 2.05) is 46.0 Å². The Morgan fingerprint density at radius 2 is 1.72 bits per heavy atom. The van der Waals surface area contributed by atoms with Gasteiger partial charge in [0.2, 0.25) is 0 Å². The maximum atomic E-state index is 14.0. The third kappa shape index (κ3) is 4.74. The number of benzene rings is 3. The number of aromatic nitrogens is 3. The number of fused-ring (bicyclic) bond motifs is 3. The molecule has 0 spiro atoms. The van der Waals surface area contributed by atoms with Crippen molar-refractivity contribution < 1.29 is 4.79 Å². The first-order valence-electron chi connectivity index (χ1n) is 13.6. The zero-order valence-electron chi connectivity index (χ0n) is 22.4. The Kier molecular flexibility index (Phi) is 6.76. The number of rotatable bonds is 6. The summed E-state index contributed by atoms with van der Waals surface area (Å²) in [6, 6.07) is 32.8. The Bertz CT molecular complexity index is 1590. The Labute approximate surface area is 229 Å². The van der Waals surface area contributed by atoms with E-state index in [4.69, 9.17) is 5.10 Å². The third-order valence-electron chi connectivity index (χ3n) is 7.46. The van der Waals surface area contributed by atoms with E-state index in [1.54, 1.807) is 0 Å². The molecule has 1 aliphatic rings. The highest BCUT2D eigenvalue weighted by Crippen LogP contribution is 2.38. The Hall–Kier alpha value is -4.58. The molecule has 3 heterocycles. The number of hydrogen-bond acceptors (Lipinski definition) is 2. The summed E-state index contributed by atoms with van der Waals surface area (Å²) < 4.78 is 4.25. The minimum atomic E-state index is -0.252. The number of urea groups is 1. The lowest BCUT2D eigenvalue weighted by atomic mass is 10.00. The van der Waals surface area contributed by atoms with Gasteiger partial charge in [0.25, 0.3) is 0 Å². The number of nitrogens with zero attached hydrogens (tertiary/aromatic N) is 4. The van der Waals surface area contributed by atoms with Gasteiger partial charge in [-0.05, 0) is 55.2 Å². The van der Waals surface area contributed by atoms with Crippen LogP contribution in [0.2, 0.25) is 0 Å². The van der Waals surface area contributed by atoms with Gasteiger partial charge >= 0.3 is 6.03 Å². The van der Waals surface area contributed by atoms with Gasteiger partial charge in [-0.1, -0.05) is 85.3 Å². The second-order valence-electron chi connectivity index (χ2n) is 10.1. The molecule has 0 radical (unpaired) electrons. The fourth-order valence-electron chi connectivity index (χ4n) is 5.60. The number of para-hydroxylation sites is 1. The summed E-state index contributed by atoms with van der Waals surface area (Å²) in [4.78, 5) is 16.0. The number of nitrogens with one attached hydrogen (secondary N) is 1. The number of hydrogen-bond donors (Lipinski definition) is 1. The van der Waals surface area contributed by atoms with Crippen LogP contribution in [0.3, 0.4) is 0 Å². The van der Waals surface area contributed by atoms with Crippen LogP contribution in [0.1, 0.15) is 46.6 Å². The highest BCUT2D eigenvalue weighted by Gasteiger charge is 2.36. The molecule has 0 saturated carbocycles. The van der Waals surface area contributed by atoms with E-state index in [-0.39, 0.29) is 12.1 Å². The fraction of sp³-hybridized carbons (Fsp3) is 0.212. The first kappa shape index (κ1) is 24.7. The van der Waals surface area contributed by atoms with Crippen LogP contribution in [0.5, 0.6) is 0 Å². The predicted molar refractivity (Wildman–Crippen MR) is 154 cm³/mol. The van der Waals surface area contributed by atoms with Crippen LogP contribution in [0, 0.1) is 6.92 Å². The number of aryl methyl sites for hydroxylation is 2. The van der Waals surface area contributed by atoms with E-state index < -0.39 is 0 Å². The van der Waals surface area contributed by atoms with Gasteiger partial charge in [0.05, 0.1) is 29.7 Å². The van der Waals surface area contributed by atoms with Gasteiger partial charge < -0.3 is 14.8 Å². The van der Waals surface area contributed by atoms with Gasteiger partial charge in [-0.25, -0.2) is 9.48 Å². The van der Waals surface area contributed by atoms with Crippen LogP contribution >= 0.6 is 0 Å². The molecule has 6 rings (SSSR count). The molecule has 1 atom stereocenters. The average Bonchev–Trinajstić information content (AvgIpc) is 3.55. The number of carbonyl (C=O) groups is 1. The smallest absolute Gasteiger partial charge is 0.318 e. The van der Waals surface area contributed by atoms with Crippen LogP contribution in [0.4, 0.5) is 4.79 Å². The Morgan fingerprint density at radius 1 is 0.949 bits per heavy atom. The zero-order chi connectivity index (χ0) is 26.8. The molecular formula is C33H33N5O. The van der Waals surface area contributed by atoms with Crippen molar-refractivity contribution in [3.63, 3.8) is 0 Å². The number of amides is 2. The quantitative estimate of drug-likeness (QED) is 0.285. The van der Waals surface area contributed by atoms with Crippen LogP contribution in [-0.2, 0) is 19.4 Å². The van der Waals surface area contributed by atoms with Gasteiger partial charge in [0, 0.05) is 18.3 Å². The van der Waals surface area contributed by atoms with Crippen molar-refractivity contribution in [1.82, 2.24) is 24.6 Å². The molecular weight excluding hydrogens is 482 g/mol. The molecule has 2 aromatic heterocycles. The normalized spacial score (nSPS) is 14.4. The molecule has 0 fully saturated rings. The van der Waals surface area contributed by atoms with Crippen LogP contribution in [0.15, 0.2) is 103 Å². The largest absolute Gasteiger partial charge is 0.338 e. The highest BCUT2D eigenvalue weighted by atomic mass is 16.2. The standard InChI is InChI=1S/C33H33N5O/c1-3-29-28-23-37(33(39)34-20-19-25-13-6-4-7-14-25)31(26-15-10-12-24(2)22-26)30-18-11-21-36(30)32(28)38(35-29)27-16-8-5-9-17-27/h4-18,21-22,31H,3,19-20,23H2,1-2H3,(H,34,39)/t31-/m0/s1. The minimum Gasteiger partial charge on any atom is -0.338 e. The van der Waals surface area contributed by atoms with Crippen molar-refractivity contribution in [2.75, 3.05) is 6.54 Å². The topological polar surface area (TPSA) is 55.1 Å². The van der Waals surface area contributed by atoms with Gasteiger partial charge in [0.15, 0.2) is 0 Å². The monoisotopic (exact) mass is 515 g/mol. The van der Waals surface area contributed by atoms with Crippen molar-refractivity contribution in [2.45, 2.75) is 39.3 Å². The molecule has 0 aliphatic carbocycles. The van der Waals surface area contributed by atoms with Crippen molar-refractivity contribution >= 4 is 6.03 Å². The maximum absolute atomic E-state index is 14.0. The molecule has 0 bridgehead atoms. The third-order valence-corrected chi connectivity index (χ3v) is 7.46. The molecule has 6 heteroatoms. The lowest BCUT2D eigenvalue weighted by Crippen LogP contribution is -2.42. The van der Waals surface area contributed by atoms with E-state index in [0.29, 0.717) is 13.1 Å². The lowest BCUT2D eigenvalue weighted by molar-refractivity contribution is 0.180. The molecule has 1 aliphatic heterocycles. The van der Waals surface area contributed by atoms with E-state index >= 15 is 0 Å². The first-order valence-corrected chi connectivity index (χ1v) is 13.6. The second kappa shape index (κ2) is 10.7. The maximum Gasteiger partial charge on any atom is 0.318 e. The van der Waals surface area contributed by atoms with Crippen molar-refractivity contribution in [2.24, 2.45) is 0 Å². The van der Waals surface area contributed by atoms with Gasteiger partial charge in [-0.3, -0.25) is 0 Å². The van der Waals surface area contributed by atoms with Crippen LogP contribution < -0.4 is 5.32 Å². The summed E-state index contributed by atoms with van der Waals surface area (Å²) in [5.74, 6) is 0.996. The second-order valence-corrected chi connectivity index (χ2v) is 10.1. The highest BCUT2D eigenvalue weighted by molar-refractivity contribution is 5.76. The molecule has 2 amide bonds. The van der Waals surface area contributed by atoms with Crippen molar-refractivity contribution in [1.29, 1.82) is 0 Å². The molecule has 39 heavy (non-hydrogen) atoms. The van der Waals surface area contributed by atoms with E-state index in [2.05, 4.69) is 90.6 Å². The summed E-state index contributed by atoms with van der Waals surface area (Å²) in [5.41, 5.74) is 7.58. The van der Waals surface area contributed by atoms with E-state index in [9.17, 15) is 4.79 Å². The Morgan fingerprint density at radius 3 is 2.46 bits per heavy atom. The summed E-state index contributed by atoms with van der Waals surface area (Å²) in [5, 5.41) is 8.27. The van der Waals surface area contributed by atoms with Gasteiger partial charge in [-0.2, -0.15) is 5.10 Å². The van der Waals surface area contributed by atoms with Gasteiger partial charge in [0.1, 0.15) is 5.82 Å². The summed E-state index contributed by atoms with van der Waals surface area (Å²) in [6.45, 7) is 5.25. The predicted octanol–water partition coefficient (Wildman–Crippen LogP) is 6.39. The van der Waals surface area contributed by atoms with Crippen molar-refractivity contribution in [3.05, 3.63) is 137 Å². The fourth-order valence-corrected chi connectivity index (χ4v) is 5.60. The molecule has 3 aromatic carbocycles. The molecule has 196 valence electrons. The van der Waals surface area contributed by atoms with Crippen LogP contribution in [0.25, 0.3) is 11.5 Å². The van der Waals surface area contributed by atoms with Gasteiger partial charge in [-0.15, -0.1) is 0 Å². The Balaban J connectivity index is 1.46. The average molecular weight is 516 g/mol. The molecule has 0 unspecified atom stereocenters. The molecule has 1 N–H and O–H groups in total. The summed E-state index contributed by atoms with van der Waals surface area (Å²) >= 11 is 0. The summed E-state index contributed by atoms with van der Waals surface area (Å²) in [6.07, 6.45) is 3.65. The molecule has 5 aromatic rings. The zero-order valence-corrected chi connectivity index (χ0v) is 22.4. The first-order chi connectivity index (χ1) is 19.1. The minimum absolute atomic E-state index is 0.0763. The lowest BCUT2D eigenvalue weighted by Gasteiger charge is -2.31. The van der Waals surface area contributed by atoms with E-state index in [1.165, 1.54) is 11.1 Å².